The molecule has 2 rings (SSSR count). The average Bonchev–Trinajstić information content (AvgIpc) is 2.77. The number of aromatic hydroxyl groups is 1. The lowest BCUT2D eigenvalue weighted by Gasteiger charge is -2.25. The van der Waals surface area contributed by atoms with E-state index in [1.165, 1.54) is 44.6 Å². The molecular formula is C25H40F2O4. The second-order valence-corrected chi connectivity index (χ2v) is 8.53. The van der Waals surface area contributed by atoms with Crippen molar-refractivity contribution in [2.24, 2.45) is 11.8 Å². The van der Waals surface area contributed by atoms with E-state index in [0.29, 0.717) is 6.61 Å². The molecule has 1 aliphatic carbocycles. The van der Waals surface area contributed by atoms with Crippen molar-refractivity contribution >= 4 is 5.97 Å². The zero-order valence-electron chi connectivity index (χ0n) is 19.2. The van der Waals surface area contributed by atoms with Crippen LogP contribution >= 0.6 is 0 Å². The van der Waals surface area contributed by atoms with E-state index in [4.69, 9.17) is 14.9 Å². The number of hydrogen-bond donors (Lipinski definition) is 2. The molecule has 0 amide bonds. The fraction of sp³-hybridized carbons (Fsp3) is 0.720. The summed E-state index contributed by atoms with van der Waals surface area (Å²) in [4.78, 5) is 10.7. The summed E-state index contributed by atoms with van der Waals surface area (Å²) < 4.78 is 31.3. The maximum Gasteiger partial charge on any atom is 0.306 e. The summed E-state index contributed by atoms with van der Waals surface area (Å²) in [5, 5.41) is 17.8. The summed E-state index contributed by atoms with van der Waals surface area (Å²) in [6, 6.07) is 2.32. The van der Waals surface area contributed by atoms with Gasteiger partial charge in [0.2, 0.25) is 11.6 Å². The molecule has 0 unspecified atom stereocenters. The zero-order valence-corrected chi connectivity index (χ0v) is 19.2. The van der Waals surface area contributed by atoms with Crippen molar-refractivity contribution in [3.63, 3.8) is 0 Å². The quantitative estimate of drug-likeness (QED) is 0.329. The summed E-state index contributed by atoms with van der Waals surface area (Å²) in [6.07, 6.45) is 14.7. The van der Waals surface area contributed by atoms with Gasteiger partial charge in [0, 0.05) is 0 Å². The fourth-order valence-corrected chi connectivity index (χ4v) is 3.90. The Morgan fingerprint density at radius 1 is 0.935 bits per heavy atom. The summed E-state index contributed by atoms with van der Waals surface area (Å²) in [5.74, 6) is -3.03. The highest BCUT2D eigenvalue weighted by Gasteiger charge is 2.25. The van der Waals surface area contributed by atoms with E-state index < -0.39 is 23.4 Å². The Kier molecular flexibility index (Phi) is 13.9. The van der Waals surface area contributed by atoms with Crippen LogP contribution in [0.15, 0.2) is 12.1 Å². The number of carboxylic acids is 1. The molecule has 0 aromatic heterocycles. The van der Waals surface area contributed by atoms with Gasteiger partial charge in [-0.2, -0.15) is 8.78 Å². The van der Waals surface area contributed by atoms with E-state index in [9.17, 15) is 13.6 Å². The molecule has 178 valence electrons. The van der Waals surface area contributed by atoms with Crippen molar-refractivity contribution in [3.8, 4) is 11.5 Å². The SMILES string of the molecule is CCCCCC1CCC(C(=O)O)CC1.CCCCCCCOc1ccc(O)c(F)c1F. The number of benzene rings is 1. The second kappa shape index (κ2) is 15.9. The lowest BCUT2D eigenvalue weighted by atomic mass is 9.80. The lowest BCUT2D eigenvalue weighted by Crippen LogP contribution is -2.21. The molecule has 0 atom stereocenters. The van der Waals surface area contributed by atoms with Gasteiger partial charge in [0.25, 0.3) is 0 Å². The standard InChI is InChI=1S/C13H18F2O2.C12H22O2/c1-2-3-4-5-6-9-17-11-8-7-10(16)12(14)13(11)15;1-2-3-4-5-10-6-8-11(9-7-10)12(13)14/h7-8,16H,2-6,9H2,1H3;10-11H,2-9H2,1H3,(H,13,14). The maximum atomic E-state index is 13.2. The van der Waals surface area contributed by atoms with Crippen LogP contribution in [0.4, 0.5) is 8.78 Å². The average molecular weight is 443 g/mol. The molecule has 1 aliphatic rings. The minimum Gasteiger partial charge on any atom is -0.505 e. The Hall–Kier alpha value is -1.85. The predicted octanol–water partition coefficient (Wildman–Crippen LogP) is 7.48. The molecule has 1 fully saturated rings. The maximum absolute atomic E-state index is 13.2. The van der Waals surface area contributed by atoms with Crippen molar-refractivity contribution in [1.29, 1.82) is 0 Å². The molecule has 1 aromatic carbocycles. The van der Waals surface area contributed by atoms with Gasteiger partial charge in [-0.1, -0.05) is 65.2 Å². The van der Waals surface area contributed by atoms with Crippen LogP contribution in [0.2, 0.25) is 0 Å². The number of carboxylic acid groups (broad SMARTS) is 1. The number of hydrogen-bond acceptors (Lipinski definition) is 3. The number of halogens is 2. The number of rotatable bonds is 12. The molecule has 2 N–H and O–H groups in total. The van der Waals surface area contributed by atoms with Crippen LogP contribution in [0.1, 0.15) is 97.3 Å². The number of phenolic OH excluding ortho intramolecular Hbond substituents is 1. The van der Waals surface area contributed by atoms with Crippen molar-refractivity contribution in [1.82, 2.24) is 0 Å². The van der Waals surface area contributed by atoms with Crippen LogP contribution in [0, 0.1) is 23.5 Å². The molecule has 31 heavy (non-hydrogen) atoms. The third kappa shape index (κ3) is 10.8. The Labute approximate surface area is 186 Å². The first-order chi connectivity index (χ1) is 14.9. The summed E-state index contributed by atoms with van der Waals surface area (Å²) >= 11 is 0. The monoisotopic (exact) mass is 442 g/mol. The van der Waals surface area contributed by atoms with E-state index in [0.717, 1.165) is 56.9 Å². The smallest absolute Gasteiger partial charge is 0.306 e. The first kappa shape index (κ1) is 27.2. The molecular weight excluding hydrogens is 402 g/mol. The Bertz CT molecular complexity index is 628. The Morgan fingerprint density at radius 2 is 1.55 bits per heavy atom. The van der Waals surface area contributed by atoms with Crippen LogP contribution < -0.4 is 4.74 Å². The minimum atomic E-state index is -1.26. The van der Waals surface area contributed by atoms with Gasteiger partial charge in [0.15, 0.2) is 11.5 Å². The number of carbonyl (C=O) groups is 1. The van der Waals surface area contributed by atoms with Crippen molar-refractivity contribution in [2.45, 2.75) is 97.3 Å². The van der Waals surface area contributed by atoms with E-state index in [1.54, 1.807) is 0 Å². The topological polar surface area (TPSA) is 66.8 Å². The number of unbranched alkanes of at least 4 members (excludes halogenated alkanes) is 6. The minimum absolute atomic E-state index is 0.0441. The van der Waals surface area contributed by atoms with Gasteiger partial charge in [0.1, 0.15) is 0 Å². The second-order valence-electron chi connectivity index (χ2n) is 8.53. The highest BCUT2D eigenvalue weighted by atomic mass is 19.2. The van der Waals surface area contributed by atoms with Gasteiger partial charge in [-0.05, 0) is 50.2 Å². The van der Waals surface area contributed by atoms with Crippen LogP contribution in [0.3, 0.4) is 0 Å². The molecule has 0 bridgehead atoms. The van der Waals surface area contributed by atoms with E-state index >= 15 is 0 Å². The van der Waals surface area contributed by atoms with Crippen LogP contribution in [-0.4, -0.2) is 22.8 Å². The van der Waals surface area contributed by atoms with Gasteiger partial charge >= 0.3 is 5.97 Å². The Morgan fingerprint density at radius 3 is 2.16 bits per heavy atom. The van der Waals surface area contributed by atoms with Crippen molar-refractivity contribution < 1.29 is 28.5 Å². The third-order valence-corrected chi connectivity index (χ3v) is 5.94. The lowest BCUT2D eigenvalue weighted by molar-refractivity contribution is -0.143. The summed E-state index contributed by atoms with van der Waals surface area (Å²) in [5.41, 5.74) is 0. The first-order valence-corrected chi connectivity index (χ1v) is 11.9. The van der Waals surface area contributed by atoms with Gasteiger partial charge in [0.05, 0.1) is 12.5 Å². The highest BCUT2D eigenvalue weighted by Crippen LogP contribution is 2.32. The predicted molar refractivity (Wildman–Crippen MR) is 120 cm³/mol. The molecule has 1 saturated carbocycles. The third-order valence-electron chi connectivity index (χ3n) is 5.94. The highest BCUT2D eigenvalue weighted by molar-refractivity contribution is 5.69. The van der Waals surface area contributed by atoms with E-state index in [2.05, 4.69) is 13.8 Å². The van der Waals surface area contributed by atoms with Crippen LogP contribution in [0.5, 0.6) is 11.5 Å². The van der Waals surface area contributed by atoms with Crippen LogP contribution in [0.25, 0.3) is 0 Å². The van der Waals surface area contributed by atoms with Gasteiger partial charge in [-0.3, -0.25) is 4.79 Å². The molecule has 1 aromatic rings. The normalized spacial score (nSPS) is 18.2. The largest absolute Gasteiger partial charge is 0.505 e. The van der Waals surface area contributed by atoms with Crippen molar-refractivity contribution in [3.05, 3.63) is 23.8 Å². The fourth-order valence-electron chi connectivity index (χ4n) is 3.90. The van der Waals surface area contributed by atoms with Gasteiger partial charge < -0.3 is 14.9 Å². The zero-order chi connectivity index (χ0) is 23.1. The molecule has 0 aliphatic heterocycles. The molecule has 0 radical (unpaired) electrons. The Balaban J connectivity index is 0.000000316. The van der Waals surface area contributed by atoms with Crippen molar-refractivity contribution in [2.75, 3.05) is 6.61 Å². The van der Waals surface area contributed by atoms with E-state index in [1.807, 2.05) is 0 Å². The molecule has 0 spiro atoms. The molecule has 4 nitrogen and oxygen atoms in total. The number of ether oxygens (including phenoxy) is 1. The summed E-state index contributed by atoms with van der Waals surface area (Å²) in [7, 11) is 0. The number of phenols is 1. The molecule has 6 heteroatoms. The summed E-state index contributed by atoms with van der Waals surface area (Å²) in [6.45, 7) is 4.72. The molecule has 0 saturated heterocycles. The van der Waals surface area contributed by atoms with Gasteiger partial charge in [-0.25, -0.2) is 0 Å². The van der Waals surface area contributed by atoms with Crippen LogP contribution in [-0.2, 0) is 4.79 Å². The van der Waals surface area contributed by atoms with Gasteiger partial charge in [-0.15, -0.1) is 0 Å². The molecule has 0 heterocycles. The first-order valence-electron chi connectivity index (χ1n) is 11.9. The van der Waals surface area contributed by atoms with E-state index in [-0.39, 0.29) is 11.7 Å². The number of aliphatic carboxylic acids is 1.